The molecule has 3 aromatic rings. The molecule has 0 spiro atoms. The first-order chi connectivity index (χ1) is 14.4. The van der Waals surface area contributed by atoms with Crippen molar-refractivity contribution in [3.05, 3.63) is 65.2 Å². The number of rotatable bonds is 9. The van der Waals surface area contributed by atoms with Crippen LogP contribution in [-0.4, -0.2) is 38.2 Å². The van der Waals surface area contributed by atoms with Gasteiger partial charge in [-0.25, -0.2) is 13.4 Å². The molecule has 1 amide bonds. The van der Waals surface area contributed by atoms with Crippen molar-refractivity contribution in [1.82, 2.24) is 10.3 Å². The van der Waals surface area contributed by atoms with E-state index in [2.05, 4.69) is 10.3 Å². The van der Waals surface area contributed by atoms with Crippen LogP contribution in [0.2, 0.25) is 0 Å². The van der Waals surface area contributed by atoms with Crippen molar-refractivity contribution in [1.29, 1.82) is 0 Å². The van der Waals surface area contributed by atoms with Crippen LogP contribution in [0.25, 0.3) is 10.6 Å². The third-order valence-electron chi connectivity index (χ3n) is 4.39. The third-order valence-corrected chi connectivity index (χ3v) is 7.41. The maximum Gasteiger partial charge on any atom is 0.263 e. The summed E-state index contributed by atoms with van der Waals surface area (Å²) in [5.74, 6) is 0.536. The number of sulfone groups is 1. The van der Waals surface area contributed by atoms with Gasteiger partial charge in [-0.3, -0.25) is 4.79 Å². The number of thiazole rings is 1. The SMILES string of the molecule is CCOc1ccc(-c2nc(C)c(C(=O)NCCCS(=O)(=O)c3ccccc3)s2)cc1. The van der Waals surface area contributed by atoms with E-state index in [0.29, 0.717) is 28.5 Å². The van der Waals surface area contributed by atoms with Crippen LogP contribution in [0.15, 0.2) is 59.5 Å². The van der Waals surface area contributed by atoms with Gasteiger partial charge in [0.25, 0.3) is 5.91 Å². The third kappa shape index (κ3) is 5.46. The van der Waals surface area contributed by atoms with Crippen LogP contribution in [0.5, 0.6) is 5.75 Å². The number of aromatic nitrogens is 1. The standard InChI is InChI=1S/C22H24N2O4S2/c1-3-28-18-12-10-17(11-13-18)22-24-16(2)20(29-22)21(25)23-14-7-15-30(26,27)19-8-5-4-6-9-19/h4-6,8-13H,3,7,14-15H2,1-2H3,(H,23,25). The zero-order chi connectivity index (χ0) is 21.6. The minimum atomic E-state index is -3.34. The molecule has 6 nitrogen and oxygen atoms in total. The molecule has 0 bridgehead atoms. The van der Waals surface area contributed by atoms with Crippen LogP contribution >= 0.6 is 11.3 Å². The van der Waals surface area contributed by atoms with Crippen molar-refractivity contribution in [2.24, 2.45) is 0 Å². The molecule has 2 aromatic carbocycles. The monoisotopic (exact) mass is 444 g/mol. The number of nitrogens with one attached hydrogen (secondary N) is 1. The molecule has 0 aliphatic rings. The molecule has 1 aromatic heterocycles. The number of amides is 1. The van der Waals surface area contributed by atoms with E-state index in [1.807, 2.05) is 31.2 Å². The highest BCUT2D eigenvalue weighted by atomic mass is 32.2. The summed E-state index contributed by atoms with van der Waals surface area (Å²) in [6.07, 6.45) is 0.340. The second-order valence-corrected chi connectivity index (χ2v) is 9.74. The number of nitrogens with zero attached hydrogens (tertiary/aromatic N) is 1. The number of hydrogen-bond donors (Lipinski definition) is 1. The van der Waals surface area contributed by atoms with Crippen LogP contribution in [0.1, 0.15) is 28.7 Å². The lowest BCUT2D eigenvalue weighted by molar-refractivity contribution is 0.0957. The summed E-state index contributed by atoms with van der Waals surface area (Å²) in [6, 6.07) is 15.9. The Kier molecular flexibility index (Phi) is 7.23. The second kappa shape index (κ2) is 9.86. The lowest BCUT2D eigenvalue weighted by atomic mass is 10.2. The van der Waals surface area contributed by atoms with Crippen molar-refractivity contribution in [2.45, 2.75) is 25.2 Å². The van der Waals surface area contributed by atoms with Crippen LogP contribution in [0.4, 0.5) is 0 Å². The molecule has 30 heavy (non-hydrogen) atoms. The summed E-state index contributed by atoms with van der Waals surface area (Å²) >= 11 is 1.32. The molecule has 1 heterocycles. The van der Waals surface area contributed by atoms with E-state index in [-0.39, 0.29) is 18.2 Å². The summed E-state index contributed by atoms with van der Waals surface area (Å²) in [6.45, 7) is 4.61. The van der Waals surface area contributed by atoms with Crippen LogP contribution in [-0.2, 0) is 9.84 Å². The fourth-order valence-corrected chi connectivity index (χ4v) is 5.20. The van der Waals surface area contributed by atoms with Crippen molar-refractivity contribution in [3.63, 3.8) is 0 Å². The van der Waals surface area contributed by atoms with Gasteiger partial charge in [0.2, 0.25) is 0 Å². The number of aryl methyl sites for hydroxylation is 1. The van der Waals surface area contributed by atoms with Crippen LogP contribution < -0.4 is 10.1 Å². The van der Waals surface area contributed by atoms with Gasteiger partial charge in [0.05, 0.1) is 22.9 Å². The van der Waals surface area contributed by atoms with Gasteiger partial charge in [-0.1, -0.05) is 18.2 Å². The van der Waals surface area contributed by atoms with Crippen molar-refractivity contribution < 1.29 is 17.9 Å². The van der Waals surface area contributed by atoms with Crippen molar-refractivity contribution in [3.8, 4) is 16.3 Å². The lowest BCUT2D eigenvalue weighted by Crippen LogP contribution is -2.25. The maximum absolute atomic E-state index is 12.5. The first kappa shape index (κ1) is 22.0. The van der Waals surface area contributed by atoms with E-state index in [9.17, 15) is 13.2 Å². The molecule has 0 saturated carbocycles. The maximum atomic E-state index is 12.5. The molecule has 1 N–H and O–H groups in total. The predicted molar refractivity (Wildman–Crippen MR) is 119 cm³/mol. The molecular weight excluding hydrogens is 420 g/mol. The number of carbonyl (C=O) groups excluding carboxylic acids is 1. The minimum Gasteiger partial charge on any atom is -0.494 e. The van der Waals surface area contributed by atoms with Crippen LogP contribution in [0.3, 0.4) is 0 Å². The van der Waals surface area contributed by atoms with Gasteiger partial charge in [-0.2, -0.15) is 0 Å². The average molecular weight is 445 g/mol. The Hall–Kier alpha value is -2.71. The Morgan fingerprint density at radius 3 is 2.47 bits per heavy atom. The van der Waals surface area contributed by atoms with Gasteiger partial charge >= 0.3 is 0 Å². The topological polar surface area (TPSA) is 85.4 Å². The summed E-state index contributed by atoms with van der Waals surface area (Å²) in [5, 5.41) is 3.56. The predicted octanol–water partition coefficient (Wildman–Crippen LogP) is 4.11. The molecule has 0 aliphatic heterocycles. The van der Waals surface area contributed by atoms with E-state index < -0.39 is 9.84 Å². The fourth-order valence-electron chi connectivity index (χ4n) is 2.88. The highest BCUT2D eigenvalue weighted by Crippen LogP contribution is 2.29. The lowest BCUT2D eigenvalue weighted by Gasteiger charge is -2.06. The number of hydrogen-bond acceptors (Lipinski definition) is 6. The number of benzene rings is 2. The van der Waals surface area contributed by atoms with E-state index in [0.717, 1.165) is 16.3 Å². The molecule has 8 heteroatoms. The van der Waals surface area contributed by atoms with Crippen LogP contribution in [0, 0.1) is 6.92 Å². The van der Waals surface area contributed by atoms with Gasteiger partial charge in [-0.15, -0.1) is 11.3 Å². The number of carbonyl (C=O) groups is 1. The Balaban J connectivity index is 1.57. The molecule has 0 saturated heterocycles. The Morgan fingerprint density at radius 2 is 1.80 bits per heavy atom. The van der Waals surface area contributed by atoms with Crippen molar-refractivity contribution >= 4 is 27.1 Å². The number of ether oxygens (including phenoxy) is 1. The van der Waals surface area contributed by atoms with E-state index in [1.165, 1.54) is 11.3 Å². The molecule has 0 atom stereocenters. The second-order valence-electron chi connectivity index (χ2n) is 6.63. The highest BCUT2D eigenvalue weighted by Gasteiger charge is 2.17. The molecule has 0 fully saturated rings. The Labute approximate surface area is 180 Å². The summed E-state index contributed by atoms with van der Waals surface area (Å²) in [5.41, 5.74) is 1.57. The largest absolute Gasteiger partial charge is 0.494 e. The van der Waals surface area contributed by atoms with Gasteiger partial charge in [0.15, 0.2) is 9.84 Å². The van der Waals surface area contributed by atoms with Gasteiger partial charge in [-0.05, 0) is 56.7 Å². The van der Waals surface area contributed by atoms with E-state index in [4.69, 9.17) is 4.74 Å². The Morgan fingerprint density at radius 1 is 1.10 bits per heavy atom. The van der Waals surface area contributed by atoms with Gasteiger partial charge in [0, 0.05) is 12.1 Å². The minimum absolute atomic E-state index is 0.0175. The molecule has 0 aliphatic carbocycles. The van der Waals surface area contributed by atoms with Crippen molar-refractivity contribution in [2.75, 3.05) is 18.9 Å². The summed E-state index contributed by atoms with van der Waals surface area (Å²) < 4.78 is 30.0. The summed E-state index contributed by atoms with van der Waals surface area (Å²) in [7, 11) is -3.34. The van der Waals surface area contributed by atoms with E-state index >= 15 is 0 Å². The fraction of sp³-hybridized carbons (Fsp3) is 0.273. The normalized spacial score (nSPS) is 11.3. The highest BCUT2D eigenvalue weighted by molar-refractivity contribution is 7.91. The quantitative estimate of drug-likeness (QED) is 0.502. The Bertz CT molecular complexity index is 1090. The first-order valence-corrected chi connectivity index (χ1v) is 12.1. The van der Waals surface area contributed by atoms with Gasteiger partial charge in [0.1, 0.15) is 15.6 Å². The molecule has 158 valence electrons. The molecule has 0 radical (unpaired) electrons. The first-order valence-electron chi connectivity index (χ1n) is 9.67. The zero-order valence-electron chi connectivity index (χ0n) is 16.9. The average Bonchev–Trinajstić information content (AvgIpc) is 3.14. The zero-order valence-corrected chi connectivity index (χ0v) is 18.6. The van der Waals surface area contributed by atoms with E-state index in [1.54, 1.807) is 37.3 Å². The van der Waals surface area contributed by atoms with Gasteiger partial charge < -0.3 is 10.1 Å². The molecule has 0 unspecified atom stereocenters. The molecule has 3 rings (SSSR count). The summed E-state index contributed by atoms with van der Waals surface area (Å²) in [4.78, 5) is 17.9. The molecular formula is C22H24N2O4S2. The smallest absolute Gasteiger partial charge is 0.263 e.